The second kappa shape index (κ2) is 14.7. The van der Waals surface area contributed by atoms with E-state index in [-0.39, 0.29) is 24.6 Å². The molecule has 2 rings (SSSR count). The highest BCUT2D eigenvalue weighted by atomic mass is 31.2. The number of aromatic amines is 1. The lowest BCUT2D eigenvalue weighted by Crippen LogP contribution is -2.44. The van der Waals surface area contributed by atoms with Crippen LogP contribution in [0.4, 0.5) is 0 Å². The summed E-state index contributed by atoms with van der Waals surface area (Å²) in [6.07, 6.45) is -3.35. The first-order chi connectivity index (χ1) is 18.6. The van der Waals surface area contributed by atoms with Crippen molar-refractivity contribution in [2.75, 3.05) is 60.4 Å². The second-order valence-corrected chi connectivity index (χ2v) is 14.2. The topological polar surface area (TPSA) is 175 Å². The van der Waals surface area contributed by atoms with Crippen molar-refractivity contribution in [3.05, 3.63) is 32.6 Å². The third-order valence-corrected chi connectivity index (χ3v) is 7.71. The number of likely N-dealkylation sites (N-methyl/N-ethyl adjacent to an activating group) is 1. The van der Waals surface area contributed by atoms with Gasteiger partial charge in [-0.1, -0.05) is 6.92 Å². The first-order valence-corrected chi connectivity index (χ1v) is 15.7. The van der Waals surface area contributed by atoms with Crippen LogP contribution in [0.1, 0.15) is 31.6 Å². The van der Waals surface area contributed by atoms with Crippen LogP contribution in [0.25, 0.3) is 0 Å². The quantitative estimate of drug-likeness (QED) is 0.220. The molecule has 0 spiro atoms. The van der Waals surface area contributed by atoms with Crippen molar-refractivity contribution in [2.24, 2.45) is 5.92 Å². The zero-order valence-electron chi connectivity index (χ0n) is 24.1. The maximum Gasteiger partial charge on any atom is 0.330 e. The van der Waals surface area contributed by atoms with Crippen molar-refractivity contribution in [3.63, 3.8) is 0 Å². The van der Waals surface area contributed by atoms with Gasteiger partial charge in [0.05, 0.1) is 27.1 Å². The van der Waals surface area contributed by atoms with Crippen LogP contribution in [-0.2, 0) is 37.9 Å². The number of hydrogen-bond acceptors (Lipinski definition) is 11. The average Bonchev–Trinajstić information content (AvgIpc) is 3.19. The highest BCUT2D eigenvalue weighted by Gasteiger charge is 2.51. The molecule has 226 valence electrons. The van der Waals surface area contributed by atoms with Crippen LogP contribution in [-0.4, -0.2) is 111 Å². The van der Waals surface area contributed by atoms with E-state index in [4.69, 9.17) is 14.2 Å². The van der Waals surface area contributed by atoms with Gasteiger partial charge in [-0.3, -0.25) is 28.7 Å². The van der Waals surface area contributed by atoms with E-state index in [0.29, 0.717) is 13.1 Å². The number of ether oxygens (including phenoxy) is 4. The van der Waals surface area contributed by atoms with E-state index in [1.165, 1.54) is 20.2 Å². The number of carbonyl (C=O) groups excluding carboxylic acids is 3. The fourth-order valence-electron chi connectivity index (χ4n) is 4.39. The molecule has 1 aliphatic heterocycles. The van der Waals surface area contributed by atoms with Gasteiger partial charge >= 0.3 is 17.6 Å². The zero-order chi connectivity index (χ0) is 30.2. The normalized spacial score (nSPS) is 21.7. The third-order valence-electron chi connectivity index (χ3n) is 6.25. The monoisotopic (exact) mass is 588 g/mol. The molecular weight excluding hydrogens is 547 g/mol. The Labute approximate surface area is 233 Å². The molecule has 1 amide bonds. The molecule has 14 nitrogen and oxygen atoms in total. The SMILES string of the molecule is COC(=O)CCC(=O)O[C@H]1[C@@H](OCC(=O)NCCN(C)C)[C@H](n2cc(C)c(=O)[nH]c2=O)O[C@@H]1[C@@H](C)CP(C)(C)=O. The summed E-state index contributed by atoms with van der Waals surface area (Å²) in [4.78, 5) is 65.8. The van der Waals surface area contributed by atoms with Crippen LogP contribution in [0.3, 0.4) is 0 Å². The molecule has 2 N–H and O–H groups in total. The molecule has 2 heterocycles. The minimum Gasteiger partial charge on any atom is -0.469 e. The smallest absolute Gasteiger partial charge is 0.330 e. The first kappa shape index (κ1) is 33.4. The Hall–Kier alpha value is -2.80. The summed E-state index contributed by atoms with van der Waals surface area (Å²) in [7, 11) is 2.36. The minimum atomic E-state index is -2.56. The van der Waals surface area contributed by atoms with Gasteiger partial charge in [-0.2, -0.15) is 0 Å². The number of methoxy groups -OCH3 is 1. The Morgan fingerprint density at radius 2 is 1.82 bits per heavy atom. The van der Waals surface area contributed by atoms with Crippen LogP contribution < -0.4 is 16.6 Å². The lowest BCUT2D eigenvalue weighted by Gasteiger charge is -2.27. The van der Waals surface area contributed by atoms with Gasteiger partial charge in [-0.15, -0.1) is 0 Å². The van der Waals surface area contributed by atoms with Crippen molar-refractivity contribution >= 4 is 25.0 Å². The molecule has 5 atom stereocenters. The maximum absolute atomic E-state index is 12.8. The van der Waals surface area contributed by atoms with Gasteiger partial charge in [0.25, 0.3) is 5.56 Å². The van der Waals surface area contributed by atoms with Gasteiger partial charge in [0.15, 0.2) is 12.3 Å². The van der Waals surface area contributed by atoms with Gasteiger partial charge in [0.1, 0.15) is 18.8 Å². The van der Waals surface area contributed by atoms with Crippen molar-refractivity contribution in [1.82, 2.24) is 19.8 Å². The molecule has 0 radical (unpaired) electrons. The van der Waals surface area contributed by atoms with Gasteiger partial charge in [0, 0.05) is 31.0 Å². The molecule has 0 aliphatic carbocycles. The molecule has 1 aromatic rings. The summed E-state index contributed by atoms with van der Waals surface area (Å²) in [5.74, 6) is -2.21. The largest absolute Gasteiger partial charge is 0.469 e. The number of hydrogen-bond donors (Lipinski definition) is 2. The summed E-state index contributed by atoms with van der Waals surface area (Å²) in [6.45, 7) is 7.05. The van der Waals surface area contributed by atoms with E-state index in [1.807, 2.05) is 19.0 Å². The van der Waals surface area contributed by atoms with E-state index in [2.05, 4.69) is 15.0 Å². The zero-order valence-corrected chi connectivity index (χ0v) is 25.0. The summed E-state index contributed by atoms with van der Waals surface area (Å²) >= 11 is 0. The van der Waals surface area contributed by atoms with Crippen molar-refractivity contribution in [3.8, 4) is 0 Å². The average molecular weight is 589 g/mol. The standard InChI is InChI=1S/C25H41N4O10P/c1-15-12-29(25(34)27-23(15)33)24-22(37-13-17(30)26-10-11-28(3)4)21(38-19(32)9-8-18(31)36-5)20(39-24)16(2)14-40(6,7)35/h12,16,20-22,24H,8-11,13-14H2,1-7H3,(H,26,30)(H,27,33,34)/t16-,20+,21+,22+,24+/m0/s1. The Balaban J connectivity index is 2.44. The number of aryl methyl sites for hydroxylation is 1. The molecule has 1 fully saturated rings. The van der Waals surface area contributed by atoms with E-state index >= 15 is 0 Å². The Bertz CT molecular complexity index is 1210. The predicted molar refractivity (Wildman–Crippen MR) is 146 cm³/mol. The Kier molecular flexibility index (Phi) is 12.3. The molecule has 0 unspecified atom stereocenters. The second-order valence-electron chi connectivity index (χ2n) is 10.7. The lowest BCUT2D eigenvalue weighted by molar-refractivity contribution is -0.161. The number of H-pyrrole nitrogens is 1. The highest BCUT2D eigenvalue weighted by Crippen LogP contribution is 2.43. The Morgan fingerprint density at radius 1 is 1.18 bits per heavy atom. The first-order valence-electron chi connectivity index (χ1n) is 12.9. The number of carbonyl (C=O) groups is 3. The van der Waals surface area contributed by atoms with Crippen molar-refractivity contribution in [2.45, 2.75) is 51.2 Å². The van der Waals surface area contributed by atoms with Crippen LogP contribution in [0.5, 0.6) is 0 Å². The summed E-state index contributed by atoms with van der Waals surface area (Å²) in [5.41, 5.74) is -1.14. The fraction of sp³-hybridized carbons (Fsp3) is 0.720. The van der Waals surface area contributed by atoms with Crippen molar-refractivity contribution in [1.29, 1.82) is 0 Å². The van der Waals surface area contributed by atoms with Crippen LogP contribution in [0.2, 0.25) is 0 Å². The highest BCUT2D eigenvalue weighted by molar-refractivity contribution is 7.62. The van der Waals surface area contributed by atoms with Crippen LogP contribution >= 0.6 is 7.14 Å². The van der Waals surface area contributed by atoms with E-state index in [0.717, 1.165) is 4.57 Å². The van der Waals surface area contributed by atoms with Gasteiger partial charge in [0.2, 0.25) is 5.91 Å². The Morgan fingerprint density at radius 3 is 2.42 bits per heavy atom. The minimum absolute atomic E-state index is 0.218. The molecule has 40 heavy (non-hydrogen) atoms. The number of aromatic nitrogens is 2. The molecular formula is C25H41N4O10P. The summed E-state index contributed by atoms with van der Waals surface area (Å²) in [6, 6.07) is 0. The van der Waals surface area contributed by atoms with Gasteiger partial charge < -0.3 is 33.7 Å². The molecule has 0 saturated carbocycles. The molecule has 0 bridgehead atoms. The van der Waals surface area contributed by atoms with Crippen LogP contribution in [0.15, 0.2) is 15.8 Å². The molecule has 1 aliphatic rings. The van der Waals surface area contributed by atoms with Crippen LogP contribution in [0, 0.1) is 12.8 Å². The van der Waals surface area contributed by atoms with E-state index < -0.39 is 73.3 Å². The molecule has 1 saturated heterocycles. The third kappa shape index (κ3) is 9.99. The van der Waals surface area contributed by atoms with E-state index in [9.17, 15) is 28.5 Å². The lowest BCUT2D eigenvalue weighted by atomic mass is 9.99. The number of esters is 2. The number of nitrogens with zero attached hydrogens (tertiary/aromatic N) is 2. The summed E-state index contributed by atoms with van der Waals surface area (Å²) in [5, 5.41) is 2.72. The number of rotatable bonds is 14. The predicted octanol–water partition coefficient (Wildman–Crippen LogP) is -0.0708. The number of amides is 1. The summed E-state index contributed by atoms with van der Waals surface area (Å²) < 4.78 is 36.3. The number of nitrogens with one attached hydrogen (secondary N) is 2. The van der Waals surface area contributed by atoms with E-state index in [1.54, 1.807) is 20.3 Å². The fourth-order valence-corrected chi connectivity index (χ4v) is 5.98. The van der Waals surface area contributed by atoms with Crippen molar-refractivity contribution < 1.29 is 37.9 Å². The molecule has 1 aromatic heterocycles. The maximum atomic E-state index is 12.8. The molecule has 15 heteroatoms. The van der Waals surface area contributed by atoms with Gasteiger partial charge in [-0.25, -0.2) is 4.79 Å². The van der Waals surface area contributed by atoms with Gasteiger partial charge in [-0.05, 0) is 40.3 Å². The molecule has 0 aromatic carbocycles.